The molecule has 0 aliphatic heterocycles. The predicted octanol–water partition coefficient (Wildman–Crippen LogP) is 0.923. The van der Waals surface area contributed by atoms with Gasteiger partial charge in [0.2, 0.25) is 0 Å². The lowest BCUT2D eigenvalue weighted by Gasteiger charge is -2.07. The molecule has 0 aliphatic carbocycles. The van der Waals surface area contributed by atoms with Crippen molar-refractivity contribution in [3.63, 3.8) is 0 Å². The Morgan fingerprint density at radius 3 is 2.71 bits per heavy atom. The average Bonchev–Trinajstić information content (AvgIpc) is 2.82. The van der Waals surface area contributed by atoms with E-state index in [-0.39, 0.29) is 5.03 Å². The van der Waals surface area contributed by atoms with Gasteiger partial charge in [0.05, 0.1) is 0 Å². The minimum absolute atomic E-state index is 0.0952. The number of H-pyrrole nitrogens is 1. The molecule has 0 radical (unpaired) electrons. The Bertz CT molecular complexity index is 513. The summed E-state index contributed by atoms with van der Waals surface area (Å²) in [5, 5.41) is 9.90. The van der Waals surface area contributed by atoms with Gasteiger partial charge in [0.15, 0.2) is 5.03 Å². The number of unbranched alkanes of at least 4 members (excludes halogenated alkanes) is 2. The number of rotatable bonds is 11. The molecule has 1 aromatic heterocycles. The third kappa shape index (κ3) is 5.74. The van der Waals surface area contributed by atoms with Crippen LogP contribution in [0.1, 0.15) is 37.4 Å². The van der Waals surface area contributed by atoms with Crippen molar-refractivity contribution in [1.29, 1.82) is 0 Å². The summed E-state index contributed by atoms with van der Waals surface area (Å²) in [6.07, 6.45) is 2.65. The number of aromatic amines is 1. The second-order valence-electron chi connectivity index (χ2n) is 4.86. The first-order chi connectivity index (χ1) is 10.0. The van der Waals surface area contributed by atoms with Crippen LogP contribution in [0.4, 0.5) is 0 Å². The van der Waals surface area contributed by atoms with Crippen molar-refractivity contribution in [1.82, 2.24) is 20.2 Å². The number of aryl methyl sites for hydroxylation is 1. The predicted molar refractivity (Wildman–Crippen MR) is 81.6 cm³/mol. The van der Waals surface area contributed by atoms with E-state index in [1.165, 1.54) is 0 Å². The second-order valence-corrected chi connectivity index (χ2v) is 6.55. The molecule has 1 heterocycles. The van der Waals surface area contributed by atoms with Crippen LogP contribution < -0.4 is 10.0 Å². The summed E-state index contributed by atoms with van der Waals surface area (Å²) in [6.45, 7) is 6.18. The van der Waals surface area contributed by atoms with Gasteiger partial charge in [-0.25, -0.2) is 13.1 Å². The van der Waals surface area contributed by atoms with E-state index >= 15 is 0 Å². The fourth-order valence-electron chi connectivity index (χ4n) is 1.93. The zero-order valence-electron chi connectivity index (χ0n) is 13.0. The zero-order chi connectivity index (χ0) is 15.7. The van der Waals surface area contributed by atoms with Crippen LogP contribution in [-0.4, -0.2) is 45.4 Å². The minimum Gasteiger partial charge on any atom is -0.385 e. The number of aromatic nitrogens is 2. The van der Waals surface area contributed by atoms with Crippen molar-refractivity contribution < 1.29 is 13.2 Å². The van der Waals surface area contributed by atoms with Gasteiger partial charge in [0.1, 0.15) is 0 Å². The molecular weight excluding hydrogens is 292 g/mol. The molecule has 8 heteroatoms. The van der Waals surface area contributed by atoms with Crippen molar-refractivity contribution in [2.24, 2.45) is 0 Å². The van der Waals surface area contributed by atoms with Gasteiger partial charge in [-0.1, -0.05) is 6.92 Å². The van der Waals surface area contributed by atoms with Gasteiger partial charge in [-0.2, -0.15) is 5.10 Å². The number of nitrogens with zero attached hydrogens (tertiary/aromatic N) is 1. The Labute approximate surface area is 126 Å². The summed E-state index contributed by atoms with van der Waals surface area (Å²) in [5.41, 5.74) is 1.47. The molecule has 0 aliphatic rings. The van der Waals surface area contributed by atoms with Gasteiger partial charge in [-0.3, -0.25) is 5.10 Å². The molecule has 0 atom stereocenters. The van der Waals surface area contributed by atoms with E-state index in [4.69, 9.17) is 4.74 Å². The zero-order valence-corrected chi connectivity index (χ0v) is 13.8. The van der Waals surface area contributed by atoms with Crippen LogP contribution in [0.3, 0.4) is 0 Å². The van der Waals surface area contributed by atoms with Crippen LogP contribution in [0.25, 0.3) is 0 Å². The first-order valence-corrected chi connectivity index (χ1v) is 8.74. The Morgan fingerprint density at radius 2 is 2.05 bits per heavy atom. The topological polar surface area (TPSA) is 96.1 Å². The van der Waals surface area contributed by atoms with Crippen LogP contribution >= 0.6 is 0 Å². The summed E-state index contributed by atoms with van der Waals surface area (Å²) in [5.74, 6) is 0. The maximum Gasteiger partial charge on any atom is 0.260 e. The van der Waals surface area contributed by atoms with Gasteiger partial charge >= 0.3 is 0 Å². The van der Waals surface area contributed by atoms with Gasteiger partial charge in [0.25, 0.3) is 10.0 Å². The SMILES string of the molecule is CCNCc1c(S(=O)(=O)NCCCCCOC)n[nH]c1C. The summed E-state index contributed by atoms with van der Waals surface area (Å²) < 4.78 is 32.1. The molecule has 0 saturated carbocycles. The maximum atomic E-state index is 12.3. The van der Waals surface area contributed by atoms with Crippen molar-refractivity contribution in [3.8, 4) is 0 Å². The lowest BCUT2D eigenvalue weighted by molar-refractivity contribution is 0.192. The van der Waals surface area contributed by atoms with Crippen molar-refractivity contribution >= 4 is 10.0 Å². The standard InChI is InChI=1S/C13H26N4O3S/c1-4-14-10-12-11(2)16-17-13(12)21(18,19)15-8-6-5-7-9-20-3/h14-15H,4-10H2,1-3H3,(H,16,17). The number of hydrogen-bond donors (Lipinski definition) is 3. The number of nitrogens with one attached hydrogen (secondary N) is 3. The summed E-state index contributed by atoms with van der Waals surface area (Å²) >= 11 is 0. The molecule has 0 fully saturated rings. The van der Waals surface area contributed by atoms with Gasteiger partial charge in [-0.15, -0.1) is 0 Å². The Balaban J connectivity index is 2.57. The van der Waals surface area contributed by atoms with E-state index in [0.717, 1.165) is 31.5 Å². The molecule has 1 rings (SSSR count). The molecule has 0 amide bonds. The lowest BCUT2D eigenvalue weighted by atomic mass is 10.2. The highest BCUT2D eigenvalue weighted by Crippen LogP contribution is 2.15. The second kappa shape index (κ2) is 9.14. The normalized spacial score (nSPS) is 12.0. The van der Waals surface area contributed by atoms with E-state index in [2.05, 4.69) is 20.2 Å². The highest BCUT2D eigenvalue weighted by Gasteiger charge is 2.22. The molecule has 122 valence electrons. The monoisotopic (exact) mass is 318 g/mol. The minimum atomic E-state index is -3.56. The smallest absolute Gasteiger partial charge is 0.260 e. The number of sulfonamides is 1. The quantitative estimate of drug-likeness (QED) is 0.527. The number of methoxy groups -OCH3 is 1. The third-order valence-electron chi connectivity index (χ3n) is 3.16. The Hall–Kier alpha value is -0.960. The fourth-order valence-corrected chi connectivity index (χ4v) is 3.20. The first-order valence-electron chi connectivity index (χ1n) is 7.26. The summed E-state index contributed by atoms with van der Waals surface area (Å²) in [6, 6.07) is 0. The lowest BCUT2D eigenvalue weighted by Crippen LogP contribution is -2.27. The number of ether oxygens (including phenoxy) is 1. The van der Waals surface area contributed by atoms with E-state index < -0.39 is 10.0 Å². The summed E-state index contributed by atoms with van der Waals surface area (Å²) in [4.78, 5) is 0. The molecule has 0 aromatic carbocycles. The Kier molecular flexibility index (Phi) is 7.87. The average molecular weight is 318 g/mol. The number of hydrogen-bond acceptors (Lipinski definition) is 5. The molecule has 0 unspecified atom stereocenters. The first kappa shape index (κ1) is 18.1. The molecule has 7 nitrogen and oxygen atoms in total. The molecule has 0 spiro atoms. The molecule has 1 aromatic rings. The van der Waals surface area contributed by atoms with Crippen LogP contribution in [0, 0.1) is 6.92 Å². The van der Waals surface area contributed by atoms with Crippen molar-refractivity contribution in [3.05, 3.63) is 11.3 Å². The summed E-state index contributed by atoms with van der Waals surface area (Å²) in [7, 11) is -1.90. The third-order valence-corrected chi connectivity index (χ3v) is 4.59. The molecule has 0 bridgehead atoms. The molecule has 0 saturated heterocycles. The molecule has 21 heavy (non-hydrogen) atoms. The van der Waals surface area contributed by atoms with E-state index in [1.807, 2.05) is 13.8 Å². The molecule has 3 N–H and O–H groups in total. The van der Waals surface area contributed by atoms with Crippen LogP contribution in [0.2, 0.25) is 0 Å². The van der Waals surface area contributed by atoms with Crippen LogP contribution in [0.15, 0.2) is 5.03 Å². The van der Waals surface area contributed by atoms with E-state index in [1.54, 1.807) is 7.11 Å². The van der Waals surface area contributed by atoms with E-state index in [9.17, 15) is 8.42 Å². The highest BCUT2D eigenvalue weighted by molar-refractivity contribution is 7.89. The van der Waals surface area contributed by atoms with Crippen molar-refractivity contribution in [2.45, 2.75) is 44.7 Å². The van der Waals surface area contributed by atoms with Crippen LogP contribution in [-0.2, 0) is 21.3 Å². The van der Waals surface area contributed by atoms with E-state index in [0.29, 0.717) is 25.3 Å². The van der Waals surface area contributed by atoms with Crippen LogP contribution in [0.5, 0.6) is 0 Å². The van der Waals surface area contributed by atoms with Gasteiger partial charge in [0, 0.05) is 38.1 Å². The van der Waals surface area contributed by atoms with Gasteiger partial charge < -0.3 is 10.1 Å². The Morgan fingerprint density at radius 1 is 1.29 bits per heavy atom. The maximum absolute atomic E-state index is 12.3. The molecular formula is C13H26N4O3S. The van der Waals surface area contributed by atoms with Crippen molar-refractivity contribution in [2.75, 3.05) is 26.8 Å². The highest BCUT2D eigenvalue weighted by atomic mass is 32.2. The van der Waals surface area contributed by atoms with Gasteiger partial charge in [-0.05, 0) is 32.7 Å². The fraction of sp³-hybridized carbons (Fsp3) is 0.769. The largest absolute Gasteiger partial charge is 0.385 e.